The van der Waals surface area contributed by atoms with E-state index in [9.17, 15) is 9.90 Å². The van der Waals surface area contributed by atoms with Gasteiger partial charge in [0.15, 0.2) is 0 Å². The second kappa shape index (κ2) is 5.09. The van der Waals surface area contributed by atoms with Gasteiger partial charge in [-0.15, -0.1) is 0 Å². The van der Waals surface area contributed by atoms with Crippen LogP contribution in [0, 0.1) is 13.8 Å². The van der Waals surface area contributed by atoms with Gasteiger partial charge in [-0.1, -0.05) is 42.5 Å². The maximum atomic E-state index is 12.3. The summed E-state index contributed by atoms with van der Waals surface area (Å²) in [6.07, 6.45) is 0.422. The number of benzene rings is 2. The molecule has 106 valence electrons. The van der Waals surface area contributed by atoms with Crippen LogP contribution in [0.15, 0.2) is 47.3 Å². The normalized spacial score (nSPS) is 11.0. The molecule has 3 heteroatoms. The Morgan fingerprint density at radius 3 is 2.38 bits per heavy atom. The Kier molecular flexibility index (Phi) is 3.26. The quantitative estimate of drug-likeness (QED) is 0.755. The van der Waals surface area contributed by atoms with Crippen molar-refractivity contribution in [1.82, 2.24) is 4.98 Å². The van der Waals surface area contributed by atoms with E-state index in [1.165, 1.54) is 0 Å². The zero-order valence-electron chi connectivity index (χ0n) is 12.1. The number of hydrogen-bond acceptors (Lipinski definition) is 2. The average Bonchev–Trinajstić information content (AvgIpc) is 2.48. The summed E-state index contributed by atoms with van der Waals surface area (Å²) in [5.41, 5.74) is 3.82. The fourth-order valence-corrected chi connectivity index (χ4v) is 2.69. The molecule has 3 nitrogen and oxygen atoms in total. The van der Waals surface area contributed by atoms with Crippen LogP contribution in [0.4, 0.5) is 0 Å². The molecule has 0 aliphatic heterocycles. The fraction of sp³-hybridized carbons (Fsp3) is 0.167. The summed E-state index contributed by atoms with van der Waals surface area (Å²) in [6, 6.07) is 13.6. The SMILES string of the molecule is Cc1ccc(C)c2c(O)c(Cc3ccccc3)c(=O)[nH]c12. The molecule has 21 heavy (non-hydrogen) atoms. The van der Waals surface area contributed by atoms with E-state index in [0.717, 1.165) is 22.1 Å². The highest BCUT2D eigenvalue weighted by Crippen LogP contribution is 2.30. The number of aromatic nitrogens is 1. The molecule has 0 bridgehead atoms. The van der Waals surface area contributed by atoms with Crippen molar-refractivity contribution in [3.05, 3.63) is 75.1 Å². The molecular weight excluding hydrogens is 262 g/mol. The van der Waals surface area contributed by atoms with Crippen LogP contribution in [0.1, 0.15) is 22.3 Å². The third-order valence-corrected chi connectivity index (χ3v) is 3.88. The number of H-pyrrole nitrogens is 1. The molecular formula is C18H17NO2. The van der Waals surface area contributed by atoms with Crippen LogP contribution in [0.25, 0.3) is 10.9 Å². The van der Waals surface area contributed by atoms with E-state index in [2.05, 4.69) is 4.98 Å². The molecule has 2 N–H and O–H groups in total. The summed E-state index contributed by atoms with van der Waals surface area (Å²) in [4.78, 5) is 15.2. The molecule has 0 aliphatic carbocycles. The minimum absolute atomic E-state index is 0.0961. The summed E-state index contributed by atoms with van der Waals surface area (Å²) in [7, 11) is 0. The highest BCUT2D eigenvalue weighted by molar-refractivity contribution is 5.91. The Balaban J connectivity index is 2.25. The monoisotopic (exact) mass is 279 g/mol. The van der Waals surface area contributed by atoms with E-state index in [4.69, 9.17) is 0 Å². The Labute approximate surface area is 122 Å². The third-order valence-electron chi connectivity index (χ3n) is 3.88. The van der Waals surface area contributed by atoms with Crippen LogP contribution >= 0.6 is 0 Å². The van der Waals surface area contributed by atoms with Gasteiger partial charge in [0.25, 0.3) is 5.56 Å². The van der Waals surface area contributed by atoms with Crippen LogP contribution in [-0.2, 0) is 6.42 Å². The Bertz CT molecular complexity index is 864. The number of aromatic hydroxyl groups is 1. The fourth-order valence-electron chi connectivity index (χ4n) is 2.69. The number of aryl methyl sites for hydroxylation is 2. The summed E-state index contributed by atoms with van der Waals surface area (Å²) < 4.78 is 0. The number of pyridine rings is 1. The number of fused-ring (bicyclic) bond motifs is 1. The van der Waals surface area contributed by atoms with E-state index in [0.29, 0.717) is 17.5 Å². The largest absolute Gasteiger partial charge is 0.507 e. The maximum Gasteiger partial charge on any atom is 0.255 e. The molecule has 0 amide bonds. The standard InChI is InChI=1S/C18H17NO2/c1-11-8-9-12(2)16-15(11)17(20)14(18(21)19-16)10-13-6-4-3-5-7-13/h3-9H,10H2,1-2H3,(H2,19,20,21). The molecule has 1 heterocycles. The second-order valence-corrected chi connectivity index (χ2v) is 5.39. The lowest BCUT2D eigenvalue weighted by molar-refractivity contribution is 0.474. The molecule has 0 fully saturated rings. The van der Waals surface area contributed by atoms with Crippen molar-refractivity contribution in [3.8, 4) is 5.75 Å². The van der Waals surface area contributed by atoms with Gasteiger partial charge in [0.2, 0.25) is 0 Å². The molecule has 0 unspecified atom stereocenters. The summed E-state index contributed by atoms with van der Waals surface area (Å²) in [5.74, 6) is 0.0961. The molecule has 3 rings (SSSR count). The van der Waals surface area contributed by atoms with Crippen molar-refractivity contribution < 1.29 is 5.11 Å². The lowest BCUT2D eigenvalue weighted by Crippen LogP contribution is -2.14. The molecule has 0 atom stereocenters. The van der Waals surface area contributed by atoms with Crippen molar-refractivity contribution in [2.75, 3.05) is 0 Å². The molecule has 0 saturated carbocycles. The van der Waals surface area contributed by atoms with Crippen molar-refractivity contribution in [1.29, 1.82) is 0 Å². The Morgan fingerprint density at radius 2 is 1.67 bits per heavy atom. The van der Waals surface area contributed by atoms with Gasteiger partial charge in [0.05, 0.1) is 11.1 Å². The van der Waals surface area contributed by atoms with E-state index in [1.54, 1.807) is 0 Å². The van der Waals surface area contributed by atoms with Gasteiger partial charge in [-0.05, 0) is 30.5 Å². The van der Waals surface area contributed by atoms with Crippen molar-refractivity contribution in [3.63, 3.8) is 0 Å². The van der Waals surface area contributed by atoms with Crippen LogP contribution in [-0.4, -0.2) is 10.1 Å². The number of nitrogens with one attached hydrogen (secondary N) is 1. The van der Waals surface area contributed by atoms with E-state index < -0.39 is 0 Å². The third kappa shape index (κ3) is 2.31. The van der Waals surface area contributed by atoms with Crippen molar-refractivity contribution >= 4 is 10.9 Å². The number of hydrogen-bond donors (Lipinski definition) is 2. The first-order valence-electron chi connectivity index (χ1n) is 6.96. The topological polar surface area (TPSA) is 53.1 Å². The van der Waals surface area contributed by atoms with E-state index in [-0.39, 0.29) is 11.3 Å². The van der Waals surface area contributed by atoms with Gasteiger partial charge in [-0.25, -0.2) is 0 Å². The molecule has 1 aromatic heterocycles. The predicted molar refractivity (Wildman–Crippen MR) is 85.0 cm³/mol. The van der Waals surface area contributed by atoms with Gasteiger partial charge in [0.1, 0.15) is 5.75 Å². The Hall–Kier alpha value is -2.55. The number of aromatic amines is 1. The molecule has 0 aliphatic rings. The smallest absolute Gasteiger partial charge is 0.255 e. The molecule has 2 aromatic carbocycles. The zero-order valence-corrected chi connectivity index (χ0v) is 12.1. The molecule has 0 saturated heterocycles. The van der Waals surface area contributed by atoms with Crippen LogP contribution < -0.4 is 5.56 Å². The molecule has 3 aromatic rings. The van der Waals surface area contributed by atoms with Gasteiger partial charge >= 0.3 is 0 Å². The van der Waals surface area contributed by atoms with E-state index in [1.807, 2.05) is 56.3 Å². The minimum atomic E-state index is -0.224. The minimum Gasteiger partial charge on any atom is -0.507 e. The maximum absolute atomic E-state index is 12.3. The first kappa shape index (κ1) is 13.4. The van der Waals surface area contributed by atoms with Gasteiger partial charge < -0.3 is 10.1 Å². The first-order valence-corrected chi connectivity index (χ1v) is 6.96. The zero-order chi connectivity index (χ0) is 15.0. The summed E-state index contributed by atoms with van der Waals surface area (Å²) in [5, 5.41) is 11.3. The van der Waals surface area contributed by atoms with Crippen LogP contribution in [0.3, 0.4) is 0 Å². The second-order valence-electron chi connectivity index (χ2n) is 5.39. The average molecular weight is 279 g/mol. The van der Waals surface area contributed by atoms with Crippen molar-refractivity contribution in [2.24, 2.45) is 0 Å². The molecule has 0 radical (unpaired) electrons. The number of rotatable bonds is 2. The van der Waals surface area contributed by atoms with Crippen LogP contribution in [0.5, 0.6) is 5.75 Å². The highest BCUT2D eigenvalue weighted by Gasteiger charge is 2.15. The highest BCUT2D eigenvalue weighted by atomic mass is 16.3. The summed E-state index contributed by atoms with van der Waals surface area (Å²) >= 11 is 0. The summed E-state index contributed by atoms with van der Waals surface area (Å²) in [6.45, 7) is 3.86. The van der Waals surface area contributed by atoms with Gasteiger partial charge in [-0.2, -0.15) is 0 Å². The first-order chi connectivity index (χ1) is 10.1. The van der Waals surface area contributed by atoms with Gasteiger partial charge in [0, 0.05) is 11.8 Å². The van der Waals surface area contributed by atoms with Crippen LogP contribution in [0.2, 0.25) is 0 Å². The predicted octanol–water partition coefficient (Wildman–Crippen LogP) is 3.44. The van der Waals surface area contributed by atoms with Crippen molar-refractivity contribution in [2.45, 2.75) is 20.3 Å². The Morgan fingerprint density at radius 1 is 1.00 bits per heavy atom. The molecule has 0 spiro atoms. The van der Waals surface area contributed by atoms with Gasteiger partial charge in [-0.3, -0.25) is 4.79 Å². The lowest BCUT2D eigenvalue weighted by atomic mass is 9.99. The lowest BCUT2D eigenvalue weighted by Gasteiger charge is -2.11. The van der Waals surface area contributed by atoms with E-state index >= 15 is 0 Å².